The van der Waals surface area contributed by atoms with Crippen molar-refractivity contribution in [3.8, 4) is 6.07 Å². The van der Waals surface area contributed by atoms with Gasteiger partial charge in [0.15, 0.2) is 0 Å². The molecule has 0 aromatic carbocycles. The first-order valence-corrected chi connectivity index (χ1v) is 8.72. The monoisotopic (exact) mass is 334 g/mol. The molecule has 7 heteroatoms. The van der Waals surface area contributed by atoms with Crippen LogP contribution < -0.4 is 5.32 Å². The van der Waals surface area contributed by atoms with E-state index in [4.69, 9.17) is 4.74 Å². The van der Waals surface area contributed by atoms with Crippen molar-refractivity contribution in [1.82, 2.24) is 15.1 Å². The van der Waals surface area contributed by atoms with E-state index in [1.165, 1.54) is 6.42 Å². The van der Waals surface area contributed by atoms with Crippen molar-refractivity contribution in [3.05, 3.63) is 11.8 Å². The first-order chi connectivity index (χ1) is 11.6. The second kappa shape index (κ2) is 9.16. The van der Waals surface area contributed by atoms with Gasteiger partial charge in [-0.2, -0.15) is 5.26 Å². The number of carbonyl (C=O) groups excluding carboxylic acids is 2. The summed E-state index contributed by atoms with van der Waals surface area (Å²) < 4.78 is 4.98. The molecule has 2 aliphatic rings. The van der Waals surface area contributed by atoms with E-state index in [1.54, 1.807) is 18.0 Å². The van der Waals surface area contributed by atoms with Crippen molar-refractivity contribution in [2.24, 2.45) is 0 Å². The number of nitrogens with one attached hydrogen (secondary N) is 1. The third-order valence-corrected chi connectivity index (χ3v) is 4.46. The molecule has 1 aliphatic carbocycles. The van der Waals surface area contributed by atoms with Crippen LogP contribution in [0.3, 0.4) is 0 Å². The lowest BCUT2D eigenvalue weighted by Crippen LogP contribution is -2.47. The van der Waals surface area contributed by atoms with Gasteiger partial charge in [0.1, 0.15) is 11.6 Å². The van der Waals surface area contributed by atoms with Gasteiger partial charge in [-0.1, -0.05) is 19.3 Å². The molecular weight excluding hydrogens is 308 g/mol. The normalized spacial score (nSPS) is 19.6. The van der Waals surface area contributed by atoms with Crippen LogP contribution in [-0.2, 0) is 9.53 Å². The molecule has 1 N–H and O–H groups in total. The van der Waals surface area contributed by atoms with Gasteiger partial charge < -0.3 is 19.9 Å². The Bertz CT molecular complexity index is 512. The van der Waals surface area contributed by atoms with Crippen LogP contribution in [0.1, 0.15) is 39.0 Å². The fraction of sp³-hybridized carbons (Fsp3) is 0.706. The summed E-state index contributed by atoms with van der Waals surface area (Å²) in [6.45, 7) is 4.36. The van der Waals surface area contributed by atoms with Crippen LogP contribution >= 0.6 is 0 Å². The van der Waals surface area contributed by atoms with Crippen LogP contribution in [0.15, 0.2) is 11.8 Å². The van der Waals surface area contributed by atoms with Crippen molar-refractivity contribution in [1.29, 1.82) is 5.26 Å². The zero-order valence-corrected chi connectivity index (χ0v) is 14.3. The molecule has 2 amide bonds. The molecule has 2 fully saturated rings. The number of ether oxygens (including phenoxy) is 1. The lowest BCUT2D eigenvalue weighted by atomic mass is 9.95. The summed E-state index contributed by atoms with van der Waals surface area (Å²) in [5.74, 6) is -0.294. The van der Waals surface area contributed by atoms with Gasteiger partial charge in [-0.3, -0.25) is 4.79 Å². The SMILES string of the molecule is CCOC(=O)N1CCN(/C=C(/C#N)C(=O)NC2CCCCC2)CC1. The summed E-state index contributed by atoms with van der Waals surface area (Å²) in [4.78, 5) is 27.5. The lowest BCUT2D eigenvalue weighted by Gasteiger charge is -2.33. The topological polar surface area (TPSA) is 85.7 Å². The highest BCUT2D eigenvalue weighted by Crippen LogP contribution is 2.17. The summed E-state index contributed by atoms with van der Waals surface area (Å²) in [6, 6.07) is 2.18. The van der Waals surface area contributed by atoms with Crippen molar-refractivity contribution in [2.45, 2.75) is 45.1 Å². The predicted octanol–water partition coefficient (Wildman–Crippen LogP) is 1.62. The number of hydrogen-bond donors (Lipinski definition) is 1. The number of carbonyl (C=O) groups is 2. The Kier molecular flexibility index (Phi) is 6.91. The van der Waals surface area contributed by atoms with Crippen molar-refractivity contribution < 1.29 is 14.3 Å². The van der Waals surface area contributed by atoms with Gasteiger partial charge in [-0.25, -0.2) is 4.79 Å². The summed E-state index contributed by atoms with van der Waals surface area (Å²) in [7, 11) is 0. The van der Waals surface area contributed by atoms with E-state index in [1.807, 2.05) is 11.0 Å². The van der Waals surface area contributed by atoms with E-state index < -0.39 is 0 Å². The Morgan fingerprint density at radius 3 is 2.46 bits per heavy atom. The molecule has 132 valence electrons. The van der Waals surface area contributed by atoms with Crippen LogP contribution in [0.25, 0.3) is 0 Å². The molecule has 7 nitrogen and oxygen atoms in total. The lowest BCUT2D eigenvalue weighted by molar-refractivity contribution is -0.118. The van der Waals surface area contributed by atoms with Gasteiger partial charge in [0.25, 0.3) is 5.91 Å². The summed E-state index contributed by atoms with van der Waals surface area (Å²) in [6.07, 6.45) is 6.76. The van der Waals surface area contributed by atoms with Crippen molar-refractivity contribution >= 4 is 12.0 Å². The first kappa shape index (κ1) is 18.1. The average Bonchev–Trinajstić information content (AvgIpc) is 2.61. The van der Waals surface area contributed by atoms with E-state index in [2.05, 4.69) is 5.32 Å². The molecule has 0 aromatic rings. The average molecular weight is 334 g/mol. The molecule has 2 rings (SSSR count). The maximum atomic E-state index is 12.3. The molecule has 0 spiro atoms. The molecule has 1 saturated heterocycles. The first-order valence-electron chi connectivity index (χ1n) is 8.72. The molecule has 1 aliphatic heterocycles. The van der Waals surface area contributed by atoms with Gasteiger partial charge in [-0.15, -0.1) is 0 Å². The van der Waals surface area contributed by atoms with Crippen LogP contribution in [-0.4, -0.2) is 60.6 Å². The molecule has 0 aromatic heterocycles. The molecule has 0 bridgehead atoms. The second-order valence-electron chi connectivity index (χ2n) is 6.18. The zero-order valence-electron chi connectivity index (χ0n) is 14.3. The Morgan fingerprint density at radius 2 is 1.88 bits per heavy atom. The quantitative estimate of drug-likeness (QED) is 0.624. The zero-order chi connectivity index (χ0) is 17.4. The van der Waals surface area contributed by atoms with E-state index in [0.717, 1.165) is 25.7 Å². The predicted molar refractivity (Wildman–Crippen MR) is 88.9 cm³/mol. The summed E-state index contributed by atoms with van der Waals surface area (Å²) in [5, 5.41) is 12.2. The van der Waals surface area contributed by atoms with E-state index in [-0.39, 0.29) is 23.6 Å². The van der Waals surface area contributed by atoms with Crippen LogP contribution in [0.2, 0.25) is 0 Å². The summed E-state index contributed by atoms with van der Waals surface area (Å²) in [5.41, 5.74) is 0.130. The largest absolute Gasteiger partial charge is 0.450 e. The van der Waals surface area contributed by atoms with Crippen LogP contribution in [0.4, 0.5) is 4.79 Å². The van der Waals surface area contributed by atoms with Gasteiger partial charge in [-0.05, 0) is 19.8 Å². The number of piperazine rings is 1. The minimum atomic E-state index is -0.309. The highest BCUT2D eigenvalue weighted by Gasteiger charge is 2.22. The number of hydrogen-bond acceptors (Lipinski definition) is 5. The number of nitrogens with zero attached hydrogens (tertiary/aromatic N) is 3. The molecule has 24 heavy (non-hydrogen) atoms. The van der Waals surface area contributed by atoms with E-state index >= 15 is 0 Å². The molecular formula is C17H26N4O3. The third kappa shape index (κ3) is 5.15. The fourth-order valence-corrected chi connectivity index (χ4v) is 3.08. The van der Waals surface area contributed by atoms with Gasteiger partial charge in [0.05, 0.1) is 6.61 Å². The Labute approximate surface area is 143 Å². The van der Waals surface area contributed by atoms with Crippen LogP contribution in [0.5, 0.6) is 0 Å². The van der Waals surface area contributed by atoms with Gasteiger partial charge >= 0.3 is 6.09 Å². The maximum Gasteiger partial charge on any atom is 0.409 e. The fourth-order valence-electron chi connectivity index (χ4n) is 3.08. The maximum absolute atomic E-state index is 12.3. The molecule has 0 atom stereocenters. The number of rotatable bonds is 4. The Balaban J connectivity index is 1.85. The highest BCUT2D eigenvalue weighted by atomic mass is 16.6. The number of nitriles is 1. The van der Waals surface area contributed by atoms with E-state index in [0.29, 0.717) is 32.8 Å². The molecule has 1 heterocycles. The van der Waals surface area contributed by atoms with Gasteiger partial charge in [0.2, 0.25) is 0 Å². The second-order valence-corrected chi connectivity index (χ2v) is 6.18. The molecule has 0 unspecified atom stereocenters. The smallest absolute Gasteiger partial charge is 0.409 e. The number of amides is 2. The molecule has 1 saturated carbocycles. The Morgan fingerprint density at radius 1 is 1.21 bits per heavy atom. The third-order valence-electron chi connectivity index (χ3n) is 4.46. The van der Waals surface area contributed by atoms with Crippen LogP contribution in [0, 0.1) is 11.3 Å². The summed E-state index contributed by atoms with van der Waals surface area (Å²) >= 11 is 0. The van der Waals surface area contributed by atoms with E-state index in [9.17, 15) is 14.9 Å². The van der Waals surface area contributed by atoms with Gasteiger partial charge in [0, 0.05) is 38.4 Å². The highest BCUT2D eigenvalue weighted by molar-refractivity contribution is 5.97. The minimum Gasteiger partial charge on any atom is -0.450 e. The molecule has 0 radical (unpaired) electrons. The van der Waals surface area contributed by atoms with Crippen molar-refractivity contribution in [2.75, 3.05) is 32.8 Å². The Hall–Kier alpha value is -2.23. The standard InChI is InChI=1S/C17H26N4O3/c1-2-24-17(23)21-10-8-20(9-11-21)13-14(12-18)16(22)19-15-6-4-3-5-7-15/h13,15H,2-11H2,1H3,(H,19,22)/b14-13-. The van der Waals surface area contributed by atoms with Crippen molar-refractivity contribution in [3.63, 3.8) is 0 Å². The minimum absolute atomic E-state index is 0.130.